The molecule has 0 aliphatic heterocycles. The number of rotatable bonds is 3. The van der Waals surface area contributed by atoms with Gasteiger partial charge in [0, 0.05) is 6.07 Å². The van der Waals surface area contributed by atoms with E-state index in [9.17, 15) is 17.2 Å². The zero-order valence-electron chi connectivity index (χ0n) is 8.82. The average molecular weight is 345 g/mol. The molecule has 4 nitrogen and oxygen atoms in total. The van der Waals surface area contributed by atoms with E-state index in [0.29, 0.717) is 17.4 Å². The fourth-order valence-corrected chi connectivity index (χ4v) is 3.87. The summed E-state index contributed by atoms with van der Waals surface area (Å²) in [5.41, 5.74) is -0.535. The predicted octanol–water partition coefficient (Wildman–Crippen LogP) is 3.53. The molecule has 0 aliphatic rings. The van der Waals surface area contributed by atoms with Crippen molar-refractivity contribution in [2.45, 2.75) is 4.21 Å². The van der Waals surface area contributed by atoms with Crippen molar-refractivity contribution >= 4 is 50.2 Å². The lowest BCUT2D eigenvalue weighted by molar-refractivity contribution is 0.583. The van der Waals surface area contributed by atoms with Crippen molar-refractivity contribution in [3.05, 3.63) is 39.5 Å². The Kier molecular flexibility index (Phi) is 3.95. The zero-order chi connectivity index (χ0) is 14.2. The van der Waals surface area contributed by atoms with Crippen LogP contribution in [0.1, 0.15) is 0 Å². The van der Waals surface area contributed by atoms with Crippen LogP contribution in [0.25, 0.3) is 0 Å². The Morgan fingerprint density at radius 1 is 1.26 bits per heavy atom. The molecular formula is C9H4Cl2F2N2O2S2. The minimum Gasteiger partial charge on any atom is -0.274 e. The largest absolute Gasteiger partial charge is 0.274 e. The first-order chi connectivity index (χ1) is 8.79. The smallest absolute Gasteiger partial charge is 0.273 e. The molecule has 0 saturated heterocycles. The molecule has 102 valence electrons. The molecule has 1 heterocycles. The van der Waals surface area contributed by atoms with Crippen molar-refractivity contribution in [3.8, 4) is 0 Å². The fourth-order valence-electron chi connectivity index (χ4n) is 1.19. The second-order valence-corrected chi connectivity index (χ2v) is 7.21. The van der Waals surface area contributed by atoms with Gasteiger partial charge in [0.2, 0.25) is 0 Å². The highest BCUT2D eigenvalue weighted by Crippen LogP contribution is 2.30. The number of sulfonamides is 1. The molecule has 0 amide bonds. The van der Waals surface area contributed by atoms with E-state index in [1.807, 2.05) is 4.72 Å². The van der Waals surface area contributed by atoms with Gasteiger partial charge in [0.05, 0.1) is 11.2 Å². The van der Waals surface area contributed by atoms with E-state index in [4.69, 9.17) is 23.2 Å². The molecule has 0 unspecified atom stereocenters. The Labute approximate surface area is 121 Å². The van der Waals surface area contributed by atoms with Crippen LogP contribution < -0.4 is 4.72 Å². The van der Waals surface area contributed by atoms with Crippen molar-refractivity contribution in [2.75, 3.05) is 4.72 Å². The molecule has 0 bridgehead atoms. The van der Waals surface area contributed by atoms with E-state index in [1.54, 1.807) is 0 Å². The van der Waals surface area contributed by atoms with Crippen molar-refractivity contribution in [1.82, 2.24) is 4.98 Å². The average Bonchev–Trinajstić information content (AvgIpc) is 2.71. The van der Waals surface area contributed by atoms with Crippen LogP contribution in [0.3, 0.4) is 0 Å². The minimum absolute atomic E-state index is 0.0195. The number of anilines is 1. The van der Waals surface area contributed by atoms with Crippen LogP contribution in [0, 0.1) is 11.6 Å². The van der Waals surface area contributed by atoms with Crippen LogP contribution in [0.2, 0.25) is 9.49 Å². The standard InChI is InChI=1S/C9H4Cl2F2N2O2S2/c10-5-1-4(12)2-6(13)8(5)15-19(16,17)7-3-14-9(11)18-7/h1-3,15H. The first-order valence-corrected chi connectivity index (χ1v) is 7.64. The highest BCUT2D eigenvalue weighted by molar-refractivity contribution is 7.94. The molecule has 19 heavy (non-hydrogen) atoms. The van der Waals surface area contributed by atoms with Gasteiger partial charge in [-0.1, -0.05) is 34.5 Å². The lowest BCUT2D eigenvalue weighted by Crippen LogP contribution is -2.13. The van der Waals surface area contributed by atoms with Gasteiger partial charge in [0.1, 0.15) is 11.5 Å². The Morgan fingerprint density at radius 3 is 2.47 bits per heavy atom. The number of hydrogen-bond donors (Lipinski definition) is 1. The predicted molar refractivity (Wildman–Crippen MR) is 69.3 cm³/mol. The van der Waals surface area contributed by atoms with Crippen molar-refractivity contribution < 1.29 is 17.2 Å². The van der Waals surface area contributed by atoms with Gasteiger partial charge in [-0.25, -0.2) is 22.2 Å². The summed E-state index contributed by atoms with van der Waals surface area (Å²) in [7, 11) is -4.08. The molecule has 2 rings (SSSR count). The molecule has 10 heteroatoms. The Balaban J connectivity index is 2.41. The van der Waals surface area contributed by atoms with Crippen molar-refractivity contribution in [2.24, 2.45) is 0 Å². The van der Waals surface area contributed by atoms with E-state index in [-0.39, 0.29) is 8.68 Å². The van der Waals surface area contributed by atoms with E-state index in [0.717, 1.165) is 12.3 Å². The highest BCUT2D eigenvalue weighted by atomic mass is 35.5. The van der Waals surface area contributed by atoms with Gasteiger partial charge in [-0.2, -0.15) is 0 Å². The number of hydrogen-bond acceptors (Lipinski definition) is 4. The summed E-state index contributed by atoms with van der Waals surface area (Å²) < 4.78 is 51.8. The normalized spacial score (nSPS) is 11.6. The van der Waals surface area contributed by atoms with Crippen LogP contribution in [-0.2, 0) is 10.0 Å². The molecule has 0 radical (unpaired) electrons. The van der Waals surface area contributed by atoms with E-state index < -0.39 is 32.4 Å². The maximum atomic E-state index is 13.5. The maximum Gasteiger partial charge on any atom is 0.273 e. The second kappa shape index (κ2) is 5.20. The molecule has 1 N–H and O–H groups in total. The lowest BCUT2D eigenvalue weighted by Gasteiger charge is -2.08. The van der Waals surface area contributed by atoms with Gasteiger partial charge in [-0.15, -0.1) is 0 Å². The summed E-state index contributed by atoms with van der Waals surface area (Å²) in [6, 6.07) is 1.31. The summed E-state index contributed by atoms with van der Waals surface area (Å²) >= 11 is 11.8. The molecular weight excluding hydrogens is 341 g/mol. The number of nitrogens with zero attached hydrogens (tertiary/aromatic N) is 1. The van der Waals surface area contributed by atoms with E-state index in [2.05, 4.69) is 4.98 Å². The van der Waals surface area contributed by atoms with E-state index in [1.165, 1.54) is 0 Å². The number of benzene rings is 1. The zero-order valence-corrected chi connectivity index (χ0v) is 12.0. The topological polar surface area (TPSA) is 59.1 Å². The van der Waals surface area contributed by atoms with Gasteiger partial charge in [-0.3, -0.25) is 4.72 Å². The molecule has 1 aromatic carbocycles. The summed E-state index contributed by atoms with van der Waals surface area (Å²) in [6.45, 7) is 0. The lowest BCUT2D eigenvalue weighted by atomic mass is 10.3. The number of thiazole rings is 1. The molecule has 0 saturated carbocycles. The van der Waals surface area contributed by atoms with E-state index >= 15 is 0 Å². The minimum atomic E-state index is -4.08. The van der Waals surface area contributed by atoms with Crippen LogP contribution >= 0.6 is 34.5 Å². The molecule has 0 fully saturated rings. The summed E-state index contributed by atoms with van der Waals surface area (Å²) in [5, 5.41) is -0.392. The van der Waals surface area contributed by atoms with Gasteiger partial charge < -0.3 is 0 Å². The third kappa shape index (κ3) is 3.14. The highest BCUT2D eigenvalue weighted by Gasteiger charge is 2.21. The second-order valence-electron chi connectivity index (χ2n) is 3.28. The number of halogens is 4. The third-order valence-corrected chi connectivity index (χ3v) is 5.19. The van der Waals surface area contributed by atoms with Crippen LogP contribution in [0.15, 0.2) is 22.5 Å². The summed E-state index contributed by atoms with van der Waals surface area (Å²) in [5.74, 6) is -2.03. The van der Waals surface area contributed by atoms with Gasteiger partial charge in [0.25, 0.3) is 10.0 Å². The first kappa shape index (κ1) is 14.4. The van der Waals surface area contributed by atoms with Crippen molar-refractivity contribution in [1.29, 1.82) is 0 Å². The molecule has 0 atom stereocenters. The van der Waals surface area contributed by atoms with Crippen molar-refractivity contribution in [3.63, 3.8) is 0 Å². The van der Waals surface area contributed by atoms with Crippen LogP contribution in [0.5, 0.6) is 0 Å². The number of aromatic nitrogens is 1. The Bertz CT molecular complexity index is 711. The molecule has 0 aliphatic carbocycles. The Hall–Kier alpha value is -0.960. The quantitative estimate of drug-likeness (QED) is 0.926. The first-order valence-electron chi connectivity index (χ1n) is 4.58. The number of nitrogens with one attached hydrogen (secondary N) is 1. The van der Waals surface area contributed by atoms with Crippen LogP contribution in [0.4, 0.5) is 14.5 Å². The Morgan fingerprint density at radius 2 is 1.95 bits per heavy atom. The van der Waals surface area contributed by atoms with Gasteiger partial charge in [-0.05, 0) is 6.07 Å². The molecule has 2 aromatic rings. The van der Waals surface area contributed by atoms with Crippen LogP contribution in [-0.4, -0.2) is 13.4 Å². The fraction of sp³-hybridized carbons (Fsp3) is 0. The SMILES string of the molecule is O=S(=O)(Nc1c(F)cc(F)cc1Cl)c1cnc(Cl)s1. The third-order valence-electron chi connectivity index (χ3n) is 1.96. The monoisotopic (exact) mass is 344 g/mol. The van der Waals surface area contributed by atoms with Gasteiger partial charge >= 0.3 is 0 Å². The summed E-state index contributed by atoms with van der Waals surface area (Å²) in [6.07, 6.45) is 1.02. The summed E-state index contributed by atoms with van der Waals surface area (Å²) in [4.78, 5) is 3.56. The maximum absolute atomic E-state index is 13.5. The molecule has 0 spiro atoms. The van der Waals surface area contributed by atoms with Gasteiger partial charge in [0.15, 0.2) is 14.5 Å². The molecule has 1 aromatic heterocycles.